The van der Waals surface area contributed by atoms with Crippen molar-refractivity contribution < 1.29 is 15.0 Å². The van der Waals surface area contributed by atoms with Crippen LogP contribution < -0.4 is 0 Å². The number of fused-ring (bicyclic) bond motifs is 2. The fourth-order valence-electron chi connectivity index (χ4n) is 5.63. The average Bonchev–Trinajstić information content (AvgIpc) is 3.48. The zero-order chi connectivity index (χ0) is 24.1. The van der Waals surface area contributed by atoms with E-state index in [0.29, 0.717) is 12.5 Å². The summed E-state index contributed by atoms with van der Waals surface area (Å²) in [5.74, 6) is -0.131. The van der Waals surface area contributed by atoms with Gasteiger partial charge in [0.25, 0.3) is 0 Å². The van der Waals surface area contributed by atoms with Crippen molar-refractivity contribution >= 4 is 10.9 Å². The van der Waals surface area contributed by atoms with Crippen molar-refractivity contribution in [2.75, 3.05) is 26.7 Å². The van der Waals surface area contributed by atoms with Crippen molar-refractivity contribution in [3.63, 3.8) is 0 Å². The average molecular weight is 493 g/mol. The van der Waals surface area contributed by atoms with Crippen LogP contribution in [0.3, 0.4) is 0 Å². The minimum atomic E-state index is -0.613. The van der Waals surface area contributed by atoms with Crippen molar-refractivity contribution in [2.45, 2.75) is 45.2 Å². The number of aromatic hydroxyl groups is 1. The van der Waals surface area contributed by atoms with Gasteiger partial charge in [0, 0.05) is 36.6 Å². The molecule has 1 saturated heterocycles. The van der Waals surface area contributed by atoms with Crippen LogP contribution >= 0.6 is 0 Å². The third-order valence-electron chi connectivity index (χ3n) is 7.72. The summed E-state index contributed by atoms with van der Waals surface area (Å²) in [5, 5.41) is 18.5. The first-order chi connectivity index (χ1) is 17.0. The van der Waals surface area contributed by atoms with Crippen molar-refractivity contribution in [1.29, 1.82) is 0 Å². The Balaban J connectivity index is 0.00000267. The SMILES string of the molecule is CCc1cc(O)c(F)cc1-c1ccc2c(-c3nc4c([nH]3)CCN(C3CCN(C)CC3)C4)n[nH]c2c1.O. The number of aromatic amines is 2. The standard InChI is InChI=1S/C27H31FN6O.H2O/c1-3-16-13-25(35)21(28)14-20(16)17-4-5-19-23(12-17)31-32-26(19)27-29-22-8-11-34(15-24(22)30-27)18-6-9-33(2)10-7-18;/h4-5,12-14,18,35H,3,6-11,15H2,1-2H3,(H,29,30)(H,31,32);1H2. The number of phenols is 1. The molecule has 0 amide bonds. The van der Waals surface area contributed by atoms with Crippen molar-refractivity contribution in [3.8, 4) is 28.4 Å². The summed E-state index contributed by atoms with van der Waals surface area (Å²) in [4.78, 5) is 13.5. The molecule has 8 nitrogen and oxygen atoms in total. The molecule has 0 bridgehead atoms. The van der Waals surface area contributed by atoms with Gasteiger partial charge in [-0.1, -0.05) is 13.0 Å². The largest absolute Gasteiger partial charge is 0.505 e. The maximum Gasteiger partial charge on any atom is 0.165 e. The van der Waals surface area contributed by atoms with Gasteiger partial charge < -0.3 is 20.5 Å². The molecule has 2 aliphatic heterocycles. The molecule has 0 spiro atoms. The van der Waals surface area contributed by atoms with Gasteiger partial charge in [-0.25, -0.2) is 9.37 Å². The number of hydrogen-bond donors (Lipinski definition) is 3. The Hall–Kier alpha value is -3.27. The van der Waals surface area contributed by atoms with E-state index in [9.17, 15) is 9.50 Å². The summed E-state index contributed by atoms with van der Waals surface area (Å²) < 4.78 is 14.1. The minimum Gasteiger partial charge on any atom is -0.505 e. The van der Waals surface area contributed by atoms with Gasteiger partial charge in [-0.2, -0.15) is 5.10 Å². The molecule has 1 fully saturated rings. The van der Waals surface area contributed by atoms with E-state index < -0.39 is 5.82 Å². The normalized spacial score (nSPS) is 17.3. The lowest BCUT2D eigenvalue weighted by molar-refractivity contribution is 0.108. The van der Waals surface area contributed by atoms with Gasteiger partial charge in [0.15, 0.2) is 17.4 Å². The number of nitrogens with one attached hydrogen (secondary N) is 2. The number of hydrogen-bond acceptors (Lipinski definition) is 5. The molecule has 0 saturated carbocycles. The van der Waals surface area contributed by atoms with Gasteiger partial charge >= 0.3 is 0 Å². The fourth-order valence-corrected chi connectivity index (χ4v) is 5.63. The van der Waals surface area contributed by atoms with Crippen LogP contribution in [0.1, 0.15) is 36.7 Å². The Morgan fingerprint density at radius 2 is 1.94 bits per heavy atom. The van der Waals surface area contributed by atoms with Gasteiger partial charge in [0.1, 0.15) is 5.69 Å². The Morgan fingerprint density at radius 1 is 1.14 bits per heavy atom. The maximum absolute atomic E-state index is 14.1. The molecule has 0 aliphatic carbocycles. The molecule has 4 heterocycles. The number of H-pyrrole nitrogens is 2. The summed E-state index contributed by atoms with van der Waals surface area (Å²) in [7, 11) is 2.20. The lowest BCUT2D eigenvalue weighted by Gasteiger charge is -2.38. The van der Waals surface area contributed by atoms with Crippen LogP contribution in [0.4, 0.5) is 4.39 Å². The Morgan fingerprint density at radius 3 is 2.72 bits per heavy atom. The van der Waals surface area contributed by atoms with Gasteiger partial charge in [-0.15, -0.1) is 0 Å². The Kier molecular flexibility index (Phi) is 6.55. The molecule has 190 valence electrons. The Bertz CT molecular complexity index is 1390. The fraction of sp³-hybridized carbons (Fsp3) is 0.407. The van der Waals surface area contributed by atoms with E-state index in [1.807, 2.05) is 25.1 Å². The highest BCUT2D eigenvalue weighted by Gasteiger charge is 2.28. The molecular formula is C27H33FN6O2. The number of aromatic nitrogens is 4. The van der Waals surface area contributed by atoms with E-state index in [-0.39, 0.29) is 11.2 Å². The quantitative estimate of drug-likeness (QED) is 0.402. The number of imidazole rings is 1. The number of likely N-dealkylation sites (tertiary alicyclic amines) is 1. The zero-order valence-corrected chi connectivity index (χ0v) is 20.7. The number of piperidine rings is 1. The van der Waals surface area contributed by atoms with Crippen LogP contribution in [-0.4, -0.2) is 73.3 Å². The first-order valence-electron chi connectivity index (χ1n) is 12.5. The van der Waals surface area contributed by atoms with E-state index in [1.165, 1.54) is 30.7 Å². The number of halogens is 1. The molecule has 36 heavy (non-hydrogen) atoms. The first-order valence-corrected chi connectivity index (χ1v) is 12.5. The van der Waals surface area contributed by atoms with Gasteiger partial charge in [0.2, 0.25) is 0 Å². The van der Waals surface area contributed by atoms with Crippen LogP contribution in [0, 0.1) is 5.82 Å². The highest BCUT2D eigenvalue weighted by Crippen LogP contribution is 2.34. The molecule has 2 aliphatic rings. The number of phenolic OH excluding ortho intramolecular Hbond substituents is 1. The summed E-state index contributed by atoms with van der Waals surface area (Å²) in [5.41, 5.74) is 6.58. The maximum atomic E-state index is 14.1. The van der Waals surface area contributed by atoms with Crippen molar-refractivity contribution in [3.05, 3.63) is 53.1 Å². The lowest BCUT2D eigenvalue weighted by Crippen LogP contribution is -2.45. The summed E-state index contributed by atoms with van der Waals surface area (Å²) in [6.45, 7) is 6.28. The van der Waals surface area contributed by atoms with Crippen LogP contribution in [-0.2, 0) is 19.4 Å². The molecule has 6 rings (SSSR count). The topological polar surface area (TPSA) is 116 Å². The Labute approximate surface area is 209 Å². The molecule has 0 radical (unpaired) electrons. The molecule has 2 aromatic carbocycles. The van der Waals surface area contributed by atoms with Crippen LogP contribution in [0.15, 0.2) is 30.3 Å². The first kappa shape index (κ1) is 24.4. The highest BCUT2D eigenvalue weighted by molar-refractivity contribution is 5.94. The molecule has 0 unspecified atom stereocenters. The van der Waals surface area contributed by atoms with E-state index in [2.05, 4.69) is 32.0 Å². The number of rotatable bonds is 4. The minimum absolute atomic E-state index is 0. The highest BCUT2D eigenvalue weighted by atomic mass is 19.1. The molecule has 2 aromatic heterocycles. The van der Waals surface area contributed by atoms with Gasteiger partial charge in [-0.3, -0.25) is 10.00 Å². The third-order valence-corrected chi connectivity index (χ3v) is 7.72. The summed E-state index contributed by atoms with van der Waals surface area (Å²) in [6, 6.07) is 9.54. The second-order valence-corrected chi connectivity index (χ2v) is 9.91. The smallest absolute Gasteiger partial charge is 0.165 e. The van der Waals surface area contributed by atoms with Crippen molar-refractivity contribution in [1.82, 2.24) is 30.0 Å². The van der Waals surface area contributed by atoms with E-state index in [4.69, 9.17) is 4.98 Å². The molecule has 5 N–H and O–H groups in total. The van der Waals surface area contributed by atoms with Crippen LogP contribution in [0.5, 0.6) is 5.75 Å². The lowest BCUT2D eigenvalue weighted by atomic mass is 9.96. The molecule has 0 atom stereocenters. The van der Waals surface area contributed by atoms with Crippen LogP contribution in [0.2, 0.25) is 0 Å². The van der Waals surface area contributed by atoms with E-state index in [1.54, 1.807) is 0 Å². The van der Waals surface area contributed by atoms with E-state index >= 15 is 0 Å². The monoisotopic (exact) mass is 492 g/mol. The number of aryl methyl sites for hydroxylation is 1. The van der Waals surface area contributed by atoms with Crippen LogP contribution in [0.25, 0.3) is 33.5 Å². The zero-order valence-electron chi connectivity index (χ0n) is 20.7. The van der Waals surface area contributed by atoms with Gasteiger partial charge in [-0.05, 0) is 80.4 Å². The van der Waals surface area contributed by atoms with Crippen molar-refractivity contribution in [2.24, 2.45) is 0 Å². The summed E-state index contributed by atoms with van der Waals surface area (Å²) >= 11 is 0. The number of benzene rings is 2. The second kappa shape index (κ2) is 9.65. The number of nitrogens with zero attached hydrogens (tertiary/aromatic N) is 4. The second-order valence-electron chi connectivity index (χ2n) is 9.91. The third kappa shape index (κ3) is 4.27. The molecule has 9 heteroatoms. The molecule has 4 aromatic rings. The predicted octanol–water partition coefficient (Wildman–Crippen LogP) is 3.65. The van der Waals surface area contributed by atoms with Gasteiger partial charge in [0.05, 0.1) is 11.2 Å². The molecular weight excluding hydrogens is 459 g/mol. The predicted molar refractivity (Wildman–Crippen MR) is 138 cm³/mol. The van der Waals surface area contributed by atoms with E-state index in [0.717, 1.165) is 77.4 Å². The summed E-state index contributed by atoms with van der Waals surface area (Å²) in [6.07, 6.45) is 4.12.